The fourth-order valence-electron chi connectivity index (χ4n) is 2.58. The maximum Gasteiger partial charge on any atom is 0.217 e. The van der Waals surface area contributed by atoms with E-state index in [0.717, 1.165) is 37.9 Å². The smallest absolute Gasteiger partial charge is 0.217 e. The minimum Gasteiger partial charge on any atom is -0.494 e. The lowest BCUT2D eigenvalue weighted by Gasteiger charge is -2.05. The maximum absolute atomic E-state index is 13.9. The van der Waals surface area contributed by atoms with Gasteiger partial charge in [-0.15, -0.1) is 0 Å². The molecule has 0 aliphatic heterocycles. The average Bonchev–Trinajstić information content (AvgIpc) is 2.75. The first-order chi connectivity index (χ1) is 14.1. The van der Waals surface area contributed by atoms with Gasteiger partial charge in [-0.25, -0.2) is 0 Å². The van der Waals surface area contributed by atoms with Crippen LogP contribution in [-0.4, -0.2) is 6.61 Å². The Bertz CT molecular complexity index is 917. The molecule has 0 fully saturated rings. The van der Waals surface area contributed by atoms with Crippen LogP contribution in [0.3, 0.4) is 0 Å². The van der Waals surface area contributed by atoms with Crippen molar-refractivity contribution in [2.75, 3.05) is 6.61 Å². The second-order valence-electron chi connectivity index (χ2n) is 6.65. The Morgan fingerprint density at radius 3 is 1.83 bits per heavy atom. The Labute approximate surface area is 172 Å². The van der Waals surface area contributed by atoms with Crippen LogP contribution in [0, 0.1) is 23.7 Å². The number of aryl methyl sites for hydroxylation is 1. The van der Waals surface area contributed by atoms with E-state index < -0.39 is 11.7 Å². The van der Waals surface area contributed by atoms with E-state index in [1.54, 1.807) is 36.4 Å². The summed E-state index contributed by atoms with van der Waals surface area (Å²) in [5, 5.41) is 0. The van der Waals surface area contributed by atoms with Gasteiger partial charge >= 0.3 is 0 Å². The highest BCUT2D eigenvalue weighted by atomic mass is 19.2. The van der Waals surface area contributed by atoms with E-state index in [2.05, 4.69) is 37.5 Å². The van der Waals surface area contributed by atoms with Crippen molar-refractivity contribution in [1.82, 2.24) is 0 Å². The van der Waals surface area contributed by atoms with Crippen LogP contribution in [0.15, 0.2) is 60.2 Å². The van der Waals surface area contributed by atoms with Gasteiger partial charge in [-0.05, 0) is 66.6 Å². The van der Waals surface area contributed by atoms with Crippen LogP contribution < -0.4 is 4.74 Å². The molecule has 0 saturated carbocycles. The third-order valence-corrected chi connectivity index (χ3v) is 4.19. The molecule has 0 atom stereocenters. The lowest BCUT2D eigenvalue weighted by Crippen LogP contribution is -1.96. The fourth-order valence-corrected chi connectivity index (χ4v) is 2.58. The van der Waals surface area contributed by atoms with Crippen LogP contribution in [0.25, 0.3) is 0 Å². The highest BCUT2D eigenvalue weighted by Gasteiger charge is 2.00. The van der Waals surface area contributed by atoms with Gasteiger partial charge in [-0.3, -0.25) is 0 Å². The summed E-state index contributed by atoms with van der Waals surface area (Å²) in [6.07, 6.45) is 5.33. The molecule has 0 unspecified atom stereocenters. The van der Waals surface area contributed by atoms with Crippen molar-refractivity contribution in [3.63, 3.8) is 0 Å². The summed E-state index contributed by atoms with van der Waals surface area (Å²) >= 11 is 0. The maximum atomic E-state index is 13.9. The molecule has 2 aromatic carbocycles. The van der Waals surface area contributed by atoms with Crippen LogP contribution in [0.4, 0.5) is 8.78 Å². The van der Waals surface area contributed by atoms with E-state index in [9.17, 15) is 8.78 Å². The summed E-state index contributed by atoms with van der Waals surface area (Å²) in [6.45, 7) is 4.91. The average molecular weight is 392 g/mol. The SMILES string of the molecule is CCCCCOc1ccc(C#CC(F)=C(F)C#Cc2ccc(CCC)cc2)cc1. The number of benzene rings is 2. The Hall–Kier alpha value is -3.04. The molecule has 0 heterocycles. The molecule has 29 heavy (non-hydrogen) atoms. The van der Waals surface area contributed by atoms with Crippen LogP contribution in [0.5, 0.6) is 5.75 Å². The van der Waals surface area contributed by atoms with Crippen LogP contribution >= 0.6 is 0 Å². The molecule has 3 heteroatoms. The third-order valence-electron chi connectivity index (χ3n) is 4.19. The van der Waals surface area contributed by atoms with Gasteiger partial charge in [0.1, 0.15) is 5.75 Å². The molecule has 2 aromatic rings. The first-order valence-corrected chi connectivity index (χ1v) is 10.0. The Kier molecular flexibility index (Phi) is 9.53. The first-order valence-electron chi connectivity index (χ1n) is 10.0. The first kappa shape index (κ1) is 22.3. The highest BCUT2D eigenvalue weighted by Crippen LogP contribution is 2.13. The number of rotatable bonds is 7. The van der Waals surface area contributed by atoms with E-state index in [0.29, 0.717) is 17.7 Å². The number of hydrogen-bond donors (Lipinski definition) is 0. The van der Waals surface area contributed by atoms with Crippen molar-refractivity contribution < 1.29 is 13.5 Å². The van der Waals surface area contributed by atoms with Crippen LogP contribution in [0.1, 0.15) is 56.2 Å². The monoisotopic (exact) mass is 392 g/mol. The van der Waals surface area contributed by atoms with E-state index in [4.69, 9.17) is 4.74 Å². The van der Waals surface area contributed by atoms with Crippen molar-refractivity contribution in [2.24, 2.45) is 0 Å². The van der Waals surface area contributed by atoms with Crippen LogP contribution in [-0.2, 0) is 6.42 Å². The number of halogens is 2. The van der Waals surface area contributed by atoms with Gasteiger partial charge in [0.2, 0.25) is 11.7 Å². The molecule has 1 nitrogen and oxygen atoms in total. The van der Waals surface area contributed by atoms with Crippen molar-refractivity contribution in [2.45, 2.75) is 46.0 Å². The lowest BCUT2D eigenvalue weighted by molar-refractivity contribution is 0.306. The van der Waals surface area contributed by atoms with Gasteiger partial charge in [0.15, 0.2) is 0 Å². The van der Waals surface area contributed by atoms with Gasteiger partial charge in [0.25, 0.3) is 0 Å². The minimum atomic E-state index is -1.17. The van der Waals surface area contributed by atoms with E-state index in [1.807, 2.05) is 12.1 Å². The molecule has 0 amide bonds. The number of ether oxygens (including phenoxy) is 1. The molecule has 0 aromatic heterocycles. The van der Waals surface area contributed by atoms with Crippen molar-refractivity contribution in [1.29, 1.82) is 0 Å². The van der Waals surface area contributed by atoms with Crippen molar-refractivity contribution in [3.05, 3.63) is 76.9 Å². The topological polar surface area (TPSA) is 9.23 Å². The van der Waals surface area contributed by atoms with Gasteiger partial charge < -0.3 is 4.74 Å². The van der Waals surface area contributed by atoms with Crippen LogP contribution in [0.2, 0.25) is 0 Å². The number of hydrogen-bond acceptors (Lipinski definition) is 1. The van der Waals surface area contributed by atoms with E-state index in [-0.39, 0.29) is 0 Å². The van der Waals surface area contributed by atoms with E-state index in [1.165, 1.54) is 5.56 Å². The van der Waals surface area contributed by atoms with Gasteiger partial charge in [0, 0.05) is 11.1 Å². The Balaban J connectivity index is 1.97. The normalized spacial score (nSPS) is 10.9. The largest absolute Gasteiger partial charge is 0.494 e. The molecule has 0 spiro atoms. The molecule has 0 bridgehead atoms. The standard InChI is InChI=1S/C26H26F2O/c1-3-5-6-20-29-24-16-12-23(13-17-24)15-19-26(28)25(27)18-14-22-10-8-21(7-4-2)9-11-22/h8-13,16-17H,3-7,20H2,1-2H3. The van der Waals surface area contributed by atoms with Gasteiger partial charge in [0.05, 0.1) is 6.61 Å². The molecular weight excluding hydrogens is 366 g/mol. The zero-order valence-electron chi connectivity index (χ0n) is 17.0. The molecule has 0 N–H and O–H groups in total. The molecule has 0 aliphatic rings. The predicted octanol–water partition coefficient (Wildman–Crippen LogP) is 6.76. The number of unbranched alkanes of at least 4 members (excludes halogenated alkanes) is 2. The van der Waals surface area contributed by atoms with Gasteiger partial charge in [-0.2, -0.15) is 8.78 Å². The third kappa shape index (κ3) is 8.24. The predicted molar refractivity (Wildman–Crippen MR) is 115 cm³/mol. The van der Waals surface area contributed by atoms with Gasteiger partial charge in [-0.1, -0.05) is 57.1 Å². The quantitative estimate of drug-likeness (QED) is 0.373. The lowest BCUT2D eigenvalue weighted by atomic mass is 10.1. The molecule has 2 rings (SSSR count). The molecule has 0 saturated heterocycles. The summed E-state index contributed by atoms with van der Waals surface area (Å²) < 4.78 is 33.3. The summed E-state index contributed by atoms with van der Waals surface area (Å²) in [5.74, 6) is 8.02. The second-order valence-corrected chi connectivity index (χ2v) is 6.65. The molecule has 0 aliphatic carbocycles. The zero-order chi connectivity index (χ0) is 20.9. The summed E-state index contributed by atoms with van der Waals surface area (Å²) in [7, 11) is 0. The Morgan fingerprint density at radius 1 is 0.759 bits per heavy atom. The van der Waals surface area contributed by atoms with Crippen molar-refractivity contribution >= 4 is 0 Å². The summed E-state index contributed by atoms with van der Waals surface area (Å²) in [6, 6.07) is 14.5. The zero-order valence-corrected chi connectivity index (χ0v) is 17.0. The molecule has 0 radical (unpaired) electrons. The summed E-state index contributed by atoms with van der Waals surface area (Å²) in [5.41, 5.74) is 2.41. The second kappa shape index (κ2) is 12.4. The Morgan fingerprint density at radius 2 is 1.31 bits per heavy atom. The minimum absolute atomic E-state index is 0.577. The molecule has 150 valence electrons. The number of allylic oxidation sites excluding steroid dienone is 2. The fraction of sp³-hybridized carbons (Fsp3) is 0.308. The van der Waals surface area contributed by atoms with Crippen molar-refractivity contribution in [3.8, 4) is 29.4 Å². The molecular formula is C26H26F2O. The summed E-state index contributed by atoms with van der Waals surface area (Å²) in [4.78, 5) is 0. The highest BCUT2D eigenvalue weighted by molar-refractivity contribution is 5.46. The van der Waals surface area contributed by atoms with E-state index >= 15 is 0 Å².